The molecule has 0 bridgehead atoms. The van der Waals surface area contributed by atoms with Crippen molar-refractivity contribution in [3.05, 3.63) is 52.9 Å². The lowest BCUT2D eigenvalue weighted by atomic mass is 10.2. The van der Waals surface area contributed by atoms with Crippen LogP contribution < -0.4 is 5.73 Å². The average Bonchev–Trinajstić information content (AvgIpc) is 2.31. The Morgan fingerprint density at radius 3 is 2.88 bits per heavy atom. The first-order chi connectivity index (χ1) is 8.19. The quantitative estimate of drug-likeness (QED) is 0.926. The Labute approximate surface area is 108 Å². The Morgan fingerprint density at radius 1 is 1.35 bits per heavy atom. The SMILES string of the molecule is NCc1cc(F)cc(Sc2ncccc2Cl)c1. The fourth-order valence-corrected chi connectivity index (χ4v) is 2.48. The average molecular weight is 269 g/mol. The maximum atomic E-state index is 13.3. The lowest BCUT2D eigenvalue weighted by Crippen LogP contribution is -1.97. The molecule has 2 rings (SSSR count). The molecular formula is C12H10ClFN2S. The van der Waals surface area contributed by atoms with E-state index in [4.69, 9.17) is 17.3 Å². The molecule has 1 aromatic carbocycles. The summed E-state index contributed by atoms with van der Waals surface area (Å²) in [6.07, 6.45) is 1.65. The molecule has 5 heteroatoms. The number of hydrogen-bond acceptors (Lipinski definition) is 3. The van der Waals surface area contributed by atoms with Crippen molar-refractivity contribution in [3.8, 4) is 0 Å². The molecule has 0 unspecified atom stereocenters. The Morgan fingerprint density at radius 2 is 2.18 bits per heavy atom. The lowest BCUT2D eigenvalue weighted by molar-refractivity contribution is 0.621. The van der Waals surface area contributed by atoms with Crippen molar-refractivity contribution in [2.24, 2.45) is 5.73 Å². The van der Waals surface area contributed by atoms with E-state index in [9.17, 15) is 4.39 Å². The van der Waals surface area contributed by atoms with Crippen molar-refractivity contribution in [1.82, 2.24) is 4.98 Å². The number of benzene rings is 1. The zero-order valence-electron chi connectivity index (χ0n) is 8.86. The normalized spacial score (nSPS) is 10.5. The first kappa shape index (κ1) is 12.4. The molecule has 17 heavy (non-hydrogen) atoms. The smallest absolute Gasteiger partial charge is 0.124 e. The molecule has 0 fully saturated rings. The molecule has 0 spiro atoms. The van der Waals surface area contributed by atoms with Gasteiger partial charge in [0.2, 0.25) is 0 Å². The van der Waals surface area contributed by atoms with E-state index in [1.54, 1.807) is 18.3 Å². The van der Waals surface area contributed by atoms with Crippen molar-refractivity contribution in [3.63, 3.8) is 0 Å². The molecule has 0 atom stereocenters. The molecule has 0 aliphatic heterocycles. The van der Waals surface area contributed by atoms with E-state index in [-0.39, 0.29) is 5.82 Å². The van der Waals surface area contributed by atoms with Crippen LogP contribution in [-0.4, -0.2) is 4.98 Å². The molecule has 0 saturated carbocycles. The van der Waals surface area contributed by atoms with Gasteiger partial charge in [0.15, 0.2) is 0 Å². The predicted octanol–water partition coefficient (Wildman–Crippen LogP) is 3.48. The van der Waals surface area contributed by atoms with E-state index in [2.05, 4.69) is 4.98 Å². The van der Waals surface area contributed by atoms with Gasteiger partial charge in [-0.05, 0) is 35.9 Å². The number of aromatic nitrogens is 1. The van der Waals surface area contributed by atoms with Crippen LogP contribution in [0, 0.1) is 5.82 Å². The third kappa shape index (κ3) is 3.19. The highest BCUT2D eigenvalue weighted by atomic mass is 35.5. The highest BCUT2D eigenvalue weighted by Crippen LogP contribution is 2.31. The highest BCUT2D eigenvalue weighted by molar-refractivity contribution is 7.99. The van der Waals surface area contributed by atoms with Gasteiger partial charge in [0, 0.05) is 17.6 Å². The molecule has 2 aromatic rings. The zero-order chi connectivity index (χ0) is 12.3. The van der Waals surface area contributed by atoms with Crippen molar-refractivity contribution >= 4 is 23.4 Å². The molecule has 88 valence electrons. The third-order valence-electron chi connectivity index (χ3n) is 2.11. The number of nitrogens with zero attached hydrogens (tertiary/aromatic N) is 1. The summed E-state index contributed by atoms with van der Waals surface area (Å²) in [7, 11) is 0. The summed E-state index contributed by atoms with van der Waals surface area (Å²) >= 11 is 7.31. The van der Waals surface area contributed by atoms with Crippen LogP contribution in [0.2, 0.25) is 5.02 Å². The minimum Gasteiger partial charge on any atom is -0.326 e. The van der Waals surface area contributed by atoms with E-state index in [1.165, 1.54) is 23.9 Å². The molecule has 0 aliphatic carbocycles. The number of rotatable bonds is 3. The maximum absolute atomic E-state index is 13.3. The molecule has 0 amide bonds. The molecule has 2 nitrogen and oxygen atoms in total. The van der Waals surface area contributed by atoms with Crippen LogP contribution in [0.1, 0.15) is 5.56 Å². The standard InChI is InChI=1S/C12H10ClFN2S/c13-11-2-1-3-16-12(11)17-10-5-8(7-15)4-9(14)6-10/h1-6H,7,15H2. The van der Waals surface area contributed by atoms with Crippen LogP contribution in [0.3, 0.4) is 0 Å². The molecular weight excluding hydrogens is 259 g/mol. The van der Waals surface area contributed by atoms with Gasteiger partial charge in [-0.3, -0.25) is 0 Å². The van der Waals surface area contributed by atoms with E-state index < -0.39 is 0 Å². The van der Waals surface area contributed by atoms with Crippen LogP contribution in [0.15, 0.2) is 46.5 Å². The van der Waals surface area contributed by atoms with Crippen molar-refractivity contribution < 1.29 is 4.39 Å². The summed E-state index contributed by atoms with van der Waals surface area (Å²) in [4.78, 5) is 4.88. The Bertz CT molecular complexity index is 534. The van der Waals surface area contributed by atoms with Crippen LogP contribution in [-0.2, 0) is 6.54 Å². The number of pyridine rings is 1. The predicted molar refractivity (Wildman–Crippen MR) is 67.7 cm³/mol. The lowest BCUT2D eigenvalue weighted by Gasteiger charge is -2.05. The summed E-state index contributed by atoms with van der Waals surface area (Å²) in [6, 6.07) is 8.20. The van der Waals surface area contributed by atoms with Crippen molar-refractivity contribution in [2.45, 2.75) is 16.5 Å². The Hall–Kier alpha value is -1.10. The largest absolute Gasteiger partial charge is 0.326 e. The zero-order valence-corrected chi connectivity index (χ0v) is 10.4. The molecule has 0 saturated heterocycles. The number of halogens is 2. The van der Waals surface area contributed by atoms with E-state index in [0.29, 0.717) is 16.6 Å². The molecule has 0 radical (unpaired) electrons. The van der Waals surface area contributed by atoms with Gasteiger partial charge in [0.25, 0.3) is 0 Å². The number of nitrogens with two attached hydrogens (primary N) is 1. The van der Waals surface area contributed by atoms with Gasteiger partial charge in [0.05, 0.1) is 5.02 Å². The minimum absolute atomic E-state index is 0.303. The summed E-state index contributed by atoms with van der Waals surface area (Å²) in [5.41, 5.74) is 6.24. The fourth-order valence-electron chi connectivity index (χ4n) is 1.36. The van der Waals surface area contributed by atoms with Crippen LogP contribution in [0.4, 0.5) is 4.39 Å². The van der Waals surface area contributed by atoms with E-state index in [1.807, 2.05) is 6.07 Å². The summed E-state index contributed by atoms with van der Waals surface area (Å²) in [6.45, 7) is 0.307. The first-order valence-electron chi connectivity index (χ1n) is 4.97. The minimum atomic E-state index is -0.303. The summed E-state index contributed by atoms with van der Waals surface area (Å²) in [5, 5.41) is 1.21. The summed E-state index contributed by atoms with van der Waals surface area (Å²) < 4.78 is 13.3. The molecule has 1 aromatic heterocycles. The van der Waals surface area contributed by atoms with Gasteiger partial charge < -0.3 is 5.73 Å². The second-order valence-electron chi connectivity index (χ2n) is 3.39. The van der Waals surface area contributed by atoms with E-state index >= 15 is 0 Å². The Kier molecular flexibility index (Phi) is 3.99. The van der Waals surface area contributed by atoms with Crippen LogP contribution in [0.5, 0.6) is 0 Å². The summed E-state index contributed by atoms with van der Waals surface area (Å²) in [5.74, 6) is -0.303. The van der Waals surface area contributed by atoms with Crippen LogP contribution in [0.25, 0.3) is 0 Å². The van der Waals surface area contributed by atoms with E-state index in [0.717, 1.165) is 10.5 Å². The number of hydrogen-bond donors (Lipinski definition) is 1. The second-order valence-corrected chi connectivity index (χ2v) is 4.86. The topological polar surface area (TPSA) is 38.9 Å². The molecule has 1 heterocycles. The van der Waals surface area contributed by atoms with Crippen molar-refractivity contribution in [1.29, 1.82) is 0 Å². The fraction of sp³-hybridized carbons (Fsp3) is 0.0833. The van der Waals surface area contributed by atoms with Gasteiger partial charge in [0.1, 0.15) is 10.8 Å². The molecule has 0 aliphatic rings. The van der Waals surface area contributed by atoms with Gasteiger partial charge >= 0.3 is 0 Å². The monoisotopic (exact) mass is 268 g/mol. The Balaban J connectivity index is 2.30. The van der Waals surface area contributed by atoms with Gasteiger partial charge in [-0.2, -0.15) is 0 Å². The first-order valence-corrected chi connectivity index (χ1v) is 6.16. The van der Waals surface area contributed by atoms with Crippen molar-refractivity contribution in [2.75, 3.05) is 0 Å². The van der Waals surface area contributed by atoms with Gasteiger partial charge in [-0.15, -0.1) is 0 Å². The van der Waals surface area contributed by atoms with Gasteiger partial charge in [-0.25, -0.2) is 9.37 Å². The molecule has 2 N–H and O–H groups in total. The maximum Gasteiger partial charge on any atom is 0.124 e. The third-order valence-corrected chi connectivity index (χ3v) is 3.51. The van der Waals surface area contributed by atoms with Crippen LogP contribution >= 0.6 is 23.4 Å². The van der Waals surface area contributed by atoms with Gasteiger partial charge in [-0.1, -0.05) is 23.4 Å². The second kappa shape index (κ2) is 5.49. The highest BCUT2D eigenvalue weighted by Gasteiger charge is 2.06.